The van der Waals surface area contributed by atoms with Crippen LogP contribution >= 0.6 is 22.9 Å². The third kappa shape index (κ3) is 1.95. The van der Waals surface area contributed by atoms with Crippen molar-refractivity contribution >= 4 is 28.1 Å². The second-order valence-electron chi connectivity index (χ2n) is 3.00. The van der Waals surface area contributed by atoms with E-state index in [0.717, 1.165) is 36.3 Å². The summed E-state index contributed by atoms with van der Waals surface area (Å²) in [7, 11) is 0. The van der Waals surface area contributed by atoms with Crippen molar-refractivity contribution in [2.24, 2.45) is 0 Å². The van der Waals surface area contributed by atoms with Crippen LogP contribution in [0.4, 0.5) is 5.13 Å². The molecule has 1 aliphatic rings. The number of anilines is 1. The quantitative estimate of drug-likeness (QED) is 0.670. The third-order valence-corrected chi connectivity index (χ3v) is 3.57. The summed E-state index contributed by atoms with van der Waals surface area (Å²) < 4.78 is 4.28. The number of aromatic nitrogens is 1. The second-order valence-corrected chi connectivity index (χ2v) is 4.54. The van der Waals surface area contributed by atoms with Crippen molar-refractivity contribution in [3.8, 4) is 0 Å². The maximum absolute atomic E-state index is 5.90. The third-order valence-electron chi connectivity index (χ3n) is 2.06. The van der Waals surface area contributed by atoms with Gasteiger partial charge in [0.15, 0.2) is 18.3 Å². The molecule has 1 fully saturated rings. The summed E-state index contributed by atoms with van der Waals surface area (Å²) in [6, 6.07) is 0. The Kier molecular flexibility index (Phi) is 2.71. The van der Waals surface area contributed by atoms with Crippen LogP contribution in [0.15, 0.2) is 0 Å². The fourth-order valence-corrected chi connectivity index (χ4v) is 2.40. The molecular weight excluding hydrogens is 208 g/mol. The minimum absolute atomic E-state index is 0.641. The first-order valence-electron chi connectivity index (χ1n) is 4.28. The molecule has 1 aromatic heterocycles. The molecule has 5 heteroatoms. The largest absolute Gasteiger partial charge is 0.431 e. The first-order chi connectivity index (χ1) is 6.27. The molecular formula is C8H12ClN2OS+. The van der Waals surface area contributed by atoms with E-state index >= 15 is 0 Å². The van der Waals surface area contributed by atoms with Crippen LogP contribution in [0.3, 0.4) is 0 Å². The molecule has 0 saturated carbocycles. The number of hydrogen-bond donors (Lipinski definition) is 0. The Morgan fingerprint density at radius 3 is 2.69 bits per heavy atom. The average molecular weight is 220 g/mol. The highest BCUT2D eigenvalue weighted by Crippen LogP contribution is 2.28. The number of aliphatic hydroxyl groups is 2. The Balaban J connectivity index is 2.14. The van der Waals surface area contributed by atoms with Gasteiger partial charge < -0.3 is 9.64 Å². The zero-order valence-corrected chi connectivity index (χ0v) is 9.03. The summed E-state index contributed by atoms with van der Waals surface area (Å²) in [5.74, 6) is 0. The number of ether oxygens (including phenoxy) is 1. The monoisotopic (exact) mass is 219 g/mol. The lowest BCUT2D eigenvalue weighted by Crippen LogP contribution is -2.38. The van der Waals surface area contributed by atoms with E-state index in [-0.39, 0.29) is 0 Å². The summed E-state index contributed by atoms with van der Waals surface area (Å²) in [5, 5.41) is 1.68. The van der Waals surface area contributed by atoms with Gasteiger partial charge in [-0.05, 0) is 6.92 Å². The van der Waals surface area contributed by atoms with Gasteiger partial charge in [-0.25, -0.2) is 4.98 Å². The zero-order valence-electron chi connectivity index (χ0n) is 7.46. The second kappa shape index (κ2) is 3.82. The van der Waals surface area contributed by atoms with Crippen molar-refractivity contribution in [3.63, 3.8) is 0 Å². The van der Waals surface area contributed by atoms with Gasteiger partial charge in [0.2, 0.25) is 0 Å². The molecule has 0 aliphatic carbocycles. The van der Waals surface area contributed by atoms with Gasteiger partial charge in [0.1, 0.15) is 5.15 Å². The molecule has 2 heterocycles. The molecule has 0 atom stereocenters. The van der Waals surface area contributed by atoms with Crippen LogP contribution in [0.2, 0.25) is 5.15 Å². The van der Waals surface area contributed by atoms with Gasteiger partial charge in [0.25, 0.3) is 0 Å². The van der Waals surface area contributed by atoms with Crippen LogP contribution < -0.4 is 4.90 Å². The maximum atomic E-state index is 5.90. The zero-order chi connectivity index (χ0) is 9.26. The SMILES string of the molecule is Cc1sc(N2CC[OH+]CC2)nc1Cl. The van der Waals surface area contributed by atoms with Gasteiger partial charge >= 0.3 is 0 Å². The number of aryl methyl sites for hydroxylation is 1. The van der Waals surface area contributed by atoms with Crippen molar-refractivity contribution in [2.45, 2.75) is 6.92 Å². The molecule has 72 valence electrons. The van der Waals surface area contributed by atoms with E-state index in [4.69, 9.17) is 11.6 Å². The van der Waals surface area contributed by atoms with Gasteiger partial charge in [-0.15, -0.1) is 11.3 Å². The Morgan fingerprint density at radius 1 is 1.46 bits per heavy atom. The fourth-order valence-electron chi connectivity index (χ4n) is 1.30. The summed E-state index contributed by atoms with van der Waals surface area (Å²) in [6.45, 7) is 5.77. The molecule has 1 saturated heterocycles. The highest BCUT2D eigenvalue weighted by Gasteiger charge is 2.17. The normalized spacial score (nSPS) is 17.8. The fraction of sp³-hybridized carbons (Fsp3) is 0.625. The van der Waals surface area contributed by atoms with E-state index < -0.39 is 0 Å². The number of thiazole rings is 1. The summed E-state index contributed by atoms with van der Waals surface area (Å²) in [6.07, 6.45) is 0. The predicted molar refractivity (Wildman–Crippen MR) is 56.0 cm³/mol. The topological polar surface area (TPSA) is 28.9 Å². The minimum atomic E-state index is 0.641. The molecule has 0 aromatic carbocycles. The molecule has 1 aromatic rings. The lowest BCUT2D eigenvalue weighted by molar-refractivity contribution is -0.0437. The molecule has 1 N–H and O–H groups in total. The number of morpholine rings is 1. The summed E-state index contributed by atoms with van der Waals surface area (Å²) in [4.78, 5) is 7.65. The van der Waals surface area contributed by atoms with Crippen molar-refractivity contribution in [1.82, 2.24) is 4.98 Å². The number of nitrogens with zero attached hydrogens (tertiary/aromatic N) is 2. The van der Waals surface area contributed by atoms with Crippen molar-refractivity contribution in [3.05, 3.63) is 10.0 Å². The molecule has 0 spiro atoms. The Hall–Kier alpha value is -0.320. The van der Waals surface area contributed by atoms with E-state index in [1.807, 2.05) is 6.92 Å². The molecule has 0 bridgehead atoms. The summed E-state index contributed by atoms with van der Waals surface area (Å²) in [5.41, 5.74) is 0. The Labute approximate surface area is 86.3 Å². The van der Waals surface area contributed by atoms with Crippen molar-refractivity contribution in [2.75, 3.05) is 31.2 Å². The number of rotatable bonds is 1. The first kappa shape index (κ1) is 9.24. The van der Waals surface area contributed by atoms with Crippen LogP contribution in [-0.2, 0) is 0 Å². The lowest BCUT2D eigenvalue weighted by Gasteiger charge is -2.23. The van der Waals surface area contributed by atoms with Crippen LogP contribution in [0.5, 0.6) is 0 Å². The van der Waals surface area contributed by atoms with E-state index in [9.17, 15) is 0 Å². The highest BCUT2D eigenvalue weighted by molar-refractivity contribution is 7.16. The van der Waals surface area contributed by atoms with Gasteiger partial charge in [-0.1, -0.05) is 11.6 Å². The van der Waals surface area contributed by atoms with E-state index in [2.05, 4.69) is 14.6 Å². The molecule has 1 aliphatic heterocycles. The Morgan fingerprint density at radius 2 is 2.15 bits per heavy atom. The smallest absolute Gasteiger partial charge is 0.187 e. The maximum Gasteiger partial charge on any atom is 0.187 e. The van der Waals surface area contributed by atoms with Gasteiger partial charge in [0, 0.05) is 4.88 Å². The molecule has 2 rings (SSSR count). The van der Waals surface area contributed by atoms with E-state index in [1.165, 1.54) is 0 Å². The minimum Gasteiger partial charge on any atom is -0.431 e. The summed E-state index contributed by atoms with van der Waals surface area (Å²) >= 11 is 7.56. The van der Waals surface area contributed by atoms with E-state index in [0.29, 0.717) is 5.15 Å². The highest BCUT2D eigenvalue weighted by atomic mass is 35.5. The van der Waals surface area contributed by atoms with Gasteiger partial charge in [0.05, 0.1) is 13.1 Å². The van der Waals surface area contributed by atoms with Gasteiger partial charge in [-0.2, -0.15) is 0 Å². The van der Waals surface area contributed by atoms with Crippen LogP contribution in [0.25, 0.3) is 0 Å². The molecule has 0 unspecified atom stereocenters. The van der Waals surface area contributed by atoms with Crippen LogP contribution in [0, 0.1) is 6.92 Å². The van der Waals surface area contributed by atoms with Crippen molar-refractivity contribution < 1.29 is 4.74 Å². The molecule has 3 nitrogen and oxygen atoms in total. The first-order valence-corrected chi connectivity index (χ1v) is 5.48. The van der Waals surface area contributed by atoms with Crippen LogP contribution in [-0.4, -0.2) is 36.0 Å². The van der Waals surface area contributed by atoms with Gasteiger partial charge in [-0.3, -0.25) is 0 Å². The predicted octanol–water partition coefficient (Wildman–Crippen LogP) is 1.45. The molecule has 13 heavy (non-hydrogen) atoms. The molecule has 0 radical (unpaired) electrons. The van der Waals surface area contributed by atoms with Crippen LogP contribution in [0.1, 0.15) is 4.88 Å². The molecule has 0 amide bonds. The Bertz CT molecular complexity index is 277. The van der Waals surface area contributed by atoms with E-state index in [1.54, 1.807) is 11.3 Å². The van der Waals surface area contributed by atoms with Crippen molar-refractivity contribution in [1.29, 1.82) is 0 Å². The average Bonchev–Trinajstić information content (AvgIpc) is 2.49. The number of hydrogen-bond acceptors (Lipinski definition) is 3. The lowest BCUT2D eigenvalue weighted by atomic mass is 10.5. The standard InChI is InChI=1S/C8H11ClN2OS/c1-6-7(9)10-8(13-6)11-2-4-12-5-3-11/h2-5H2,1H3/p+1. The number of halogens is 1.